The summed E-state index contributed by atoms with van der Waals surface area (Å²) in [5, 5.41) is 0. The zero-order chi connectivity index (χ0) is 13.1. The van der Waals surface area contributed by atoms with Gasteiger partial charge in [-0.2, -0.15) is 0 Å². The molecule has 1 fully saturated rings. The smallest absolute Gasteiger partial charge is 0.236 e. The third kappa shape index (κ3) is 2.85. The Morgan fingerprint density at radius 1 is 1.22 bits per heavy atom. The molecule has 0 radical (unpaired) electrons. The Hall–Kier alpha value is -1.49. The number of nitrogens with two attached hydrogens (primary N) is 1. The van der Waals surface area contributed by atoms with Crippen molar-refractivity contribution in [2.75, 3.05) is 0 Å². The van der Waals surface area contributed by atoms with Crippen LogP contribution in [0.1, 0.15) is 48.8 Å². The lowest BCUT2D eigenvalue weighted by Gasteiger charge is -2.26. The molecule has 0 spiro atoms. The van der Waals surface area contributed by atoms with Crippen molar-refractivity contribution in [3.63, 3.8) is 0 Å². The van der Waals surface area contributed by atoms with E-state index in [0.29, 0.717) is 5.92 Å². The van der Waals surface area contributed by atoms with Crippen LogP contribution in [0.2, 0.25) is 0 Å². The molecule has 1 aliphatic rings. The molecule has 0 atom stereocenters. The molecule has 1 aromatic rings. The number of amides is 1. The molecule has 1 saturated carbocycles. The van der Waals surface area contributed by atoms with E-state index in [4.69, 9.17) is 5.84 Å². The molecule has 1 amide bonds. The number of rotatable bonds is 2. The summed E-state index contributed by atoms with van der Waals surface area (Å²) in [4.78, 5) is 20.5. The van der Waals surface area contributed by atoms with E-state index in [1.165, 1.54) is 0 Å². The molecule has 3 N–H and O–H groups in total. The largest absolute Gasteiger partial charge is 0.294 e. The predicted molar refractivity (Wildman–Crippen MR) is 68.5 cm³/mol. The summed E-state index contributed by atoms with van der Waals surface area (Å²) in [6, 6.07) is 1.98. The van der Waals surface area contributed by atoms with Crippen molar-refractivity contribution >= 4 is 5.91 Å². The van der Waals surface area contributed by atoms with Crippen LogP contribution in [0, 0.1) is 19.8 Å². The van der Waals surface area contributed by atoms with E-state index in [1.54, 1.807) is 0 Å². The first-order valence-electron chi connectivity index (χ1n) is 6.42. The van der Waals surface area contributed by atoms with Gasteiger partial charge in [-0.05, 0) is 45.6 Å². The van der Waals surface area contributed by atoms with Crippen LogP contribution in [-0.2, 0) is 4.79 Å². The first kappa shape index (κ1) is 13.0. The third-order valence-electron chi connectivity index (χ3n) is 3.60. The molecule has 2 rings (SSSR count). The Morgan fingerprint density at radius 3 is 2.28 bits per heavy atom. The van der Waals surface area contributed by atoms with Crippen molar-refractivity contribution in [1.29, 1.82) is 0 Å². The van der Waals surface area contributed by atoms with Gasteiger partial charge >= 0.3 is 0 Å². The maximum atomic E-state index is 11.5. The highest BCUT2D eigenvalue weighted by molar-refractivity contribution is 5.78. The van der Waals surface area contributed by atoms with Gasteiger partial charge in [0.1, 0.15) is 5.82 Å². The van der Waals surface area contributed by atoms with Gasteiger partial charge < -0.3 is 0 Å². The fourth-order valence-electron chi connectivity index (χ4n) is 2.67. The highest BCUT2D eigenvalue weighted by Crippen LogP contribution is 2.34. The average Bonchev–Trinajstić information content (AvgIpc) is 2.37. The molecule has 0 bridgehead atoms. The molecule has 18 heavy (non-hydrogen) atoms. The quantitative estimate of drug-likeness (QED) is 0.470. The van der Waals surface area contributed by atoms with Crippen LogP contribution in [0.3, 0.4) is 0 Å². The Balaban J connectivity index is 2.03. The Labute approximate surface area is 107 Å². The zero-order valence-electron chi connectivity index (χ0n) is 10.9. The first-order valence-corrected chi connectivity index (χ1v) is 6.42. The number of hydrazine groups is 1. The van der Waals surface area contributed by atoms with E-state index in [0.717, 1.165) is 42.9 Å². The van der Waals surface area contributed by atoms with Gasteiger partial charge in [0, 0.05) is 23.2 Å². The Morgan fingerprint density at radius 2 is 1.78 bits per heavy atom. The Kier molecular flexibility index (Phi) is 3.91. The van der Waals surface area contributed by atoms with Gasteiger partial charge in [-0.3, -0.25) is 10.2 Å². The second-order valence-corrected chi connectivity index (χ2v) is 5.07. The zero-order valence-corrected chi connectivity index (χ0v) is 10.9. The number of carbonyl (C=O) groups is 1. The van der Waals surface area contributed by atoms with Crippen molar-refractivity contribution < 1.29 is 4.79 Å². The normalized spacial score (nSPS) is 23.7. The lowest BCUT2D eigenvalue weighted by molar-refractivity contribution is -0.126. The minimum Gasteiger partial charge on any atom is -0.294 e. The van der Waals surface area contributed by atoms with Gasteiger partial charge in [-0.1, -0.05) is 0 Å². The van der Waals surface area contributed by atoms with E-state index < -0.39 is 0 Å². The molecular formula is C13H20N4O. The number of nitrogens with one attached hydrogen (secondary N) is 1. The summed E-state index contributed by atoms with van der Waals surface area (Å²) < 4.78 is 0. The minimum atomic E-state index is -0.0465. The van der Waals surface area contributed by atoms with Gasteiger partial charge in [0.2, 0.25) is 5.91 Å². The van der Waals surface area contributed by atoms with Crippen molar-refractivity contribution in [1.82, 2.24) is 15.4 Å². The molecule has 1 heterocycles. The van der Waals surface area contributed by atoms with Gasteiger partial charge in [-0.25, -0.2) is 15.8 Å². The second-order valence-electron chi connectivity index (χ2n) is 5.07. The second kappa shape index (κ2) is 5.44. The predicted octanol–water partition coefficient (Wildman–Crippen LogP) is 1.36. The Bertz CT molecular complexity index is 418. The first-order chi connectivity index (χ1) is 8.60. The van der Waals surface area contributed by atoms with Gasteiger partial charge in [-0.15, -0.1) is 0 Å². The summed E-state index contributed by atoms with van der Waals surface area (Å²) in [5.74, 6) is 6.48. The highest BCUT2D eigenvalue weighted by atomic mass is 16.2. The highest BCUT2D eigenvalue weighted by Gasteiger charge is 2.28. The topological polar surface area (TPSA) is 80.9 Å². The number of aryl methyl sites for hydroxylation is 2. The molecule has 0 saturated heterocycles. The molecule has 0 aromatic carbocycles. The van der Waals surface area contributed by atoms with Crippen LogP contribution >= 0.6 is 0 Å². The van der Waals surface area contributed by atoms with E-state index >= 15 is 0 Å². The molecule has 5 heteroatoms. The average molecular weight is 248 g/mol. The van der Waals surface area contributed by atoms with Crippen LogP contribution in [-0.4, -0.2) is 15.9 Å². The number of hydrogen-bond acceptors (Lipinski definition) is 4. The van der Waals surface area contributed by atoms with Crippen LogP contribution in [0.15, 0.2) is 6.07 Å². The summed E-state index contributed by atoms with van der Waals surface area (Å²) in [7, 11) is 0. The van der Waals surface area contributed by atoms with E-state index in [1.807, 2.05) is 19.9 Å². The standard InChI is InChI=1S/C13H20N4O/c1-8-7-9(2)16-12(15-8)10-3-5-11(6-4-10)13(18)17-14/h7,10-11H,3-6,14H2,1-2H3,(H,17,18)/t10-,11-. The molecule has 0 aliphatic heterocycles. The lowest BCUT2D eigenvalue weighted by Crippen LogP contribution is -2.37. The molecule has 1 aromatic heterocycles. The molecular weight excluding hydrogens is 228 g/mol. The van der Waals surface area contributed by atoms with Crippen LogP contribution in [0.25, 0.3) is 0 Å². The van der Waals surface area contributed by atoms with Crippen molar-refractivity contribution in [3.05, 3.63) is 23.3 Å². The molecule has 98 valence electrons. The minimum absolute atomic E-state index is 0.0465. The van der Waals surface area contributed by atoms with Crippen molar-refractivity contribution in [2.24, 2.45) is 11.8 Å². The fourth-order valence-corrected chi connectivity index (χ4v) is 2.67. The van der Waals surface area contributed by atoms with Crippen LogP contribution < -0.4 is 11.3 Å². The van der Waals surface area contributed by atoms with Gasteiger partial charge in [0.15, 0.2) is 0 Å². The summed E-state index contributed by atoms with van der Waals surface area (Å²) in [6.07, 6.45) is 3.65. The fraction of sp³-hybridized carbons (Fsp3) is 0.615. The summed E-state index contributed by atoms with van der Waals surface area (Å²) in [5.41, 5.74) is 4.26. The summed E-state index contributed by atoms with van der Waals surface area (Å²) in [6.45, 7) is 3.98. The van der Waals surface area contributed by atoms with E-state index in [-0.39, 0.29) is 11.8 Å². The van der Waals surface area contributed by atoms with Gasteiger partial charge in [0.05, 0.1) is 0 Å². The number of carbonyl (C=O) groups excluding carboxylic acids is 1. The third-order valence-corrected chi connectivity index (χ3v) is 3.60. The SMILES string of the molecule is Cc1cc(C)nc([C@H]2CC[C@H](C(=O)NN)CC2)n1. The van der Waals surface area contributed by atoms with Gasteiger partial charge in [0.25, 0.3) is 0 Å². The maximum Gasteiger partial charge on any atom is 0.236 e. The lowest BCUT2D eigenvalue weighted by atomic mass is 9.81. The molecule has 1 aliphatic carbocycles. The van der Waals surface area contributed by atoms with E-state index in [9.17, 15) is 4.79 Å². The van der Waals surface area contributed by atoms with Crippen LogP contribution in [0.4, 0.5) is 0 Å². The van der Waals surface area contributed by atoms with Crippen molar-refractivity contribution in [2.45, 2.75) is 45.4 Å². The number of nitrogens with zero attached hydrogens (tertiary/aromatic N) is 2. The summed E-state index contributed by atoms with van der Waals surface area (Å²) >= 11 is 0. The van der Waals surface area contributed by atoms with Crippen LogP contribution in [0.5, 0.6) is 0 Å². The molecule has 0 unspecified atom stereocenters. The monoisotopic (exact) mass is 248 g/mol. The maximum absolute atomic E-state index is 11.5. The molecule has 5 nitrogen and oxygen atoms in total. The number of aromatic nitrogens is 2. The van der Waals surface area contributed by atoms with E-state index in [2.05, 4.69) is 15.4 Å². The van der Waals surface area contributed by atoms with Crippen molar-refractivity contribution in [3.8, 4) is 0 Å². The number of hydrogen-bond donors (Lipinski definition) is 2.